The van der Waals surface area contributed by atoms with Crippen molar-refractivity contribution >= 4 is 33.6 Å². The molecule has 0 saturated carbocycles. The Labute approximate surface area is 165 Å². The quantitative estimate of drug-likeness (QED) is 0.474. The number of rotatable bonds is 3. The first kappa shape index (κ1) is 17.2. The summed E-state index contributed by atoms with van der Waals surface area (Å²) in [4.78, 5) is 33.2. The van der Waals surface area contributed by atoms with Gasteiger partial charge in [-0.25, -0.2) is 4.79 Å². The minimum atomic E-state index is -0.623. The lowest BCUT2D eigenvalue weighted by atomic mass is 10.0. The second-order valence-corrected chi connectivity index (χ2v) is 6.72. The average Bonchev–Trinajstić information content (AvgIpc) is 3.13. The standard InChI is InChI=1S/C23H17N3O3/c1-2-29-23(28)20-21(27)16-8-7-15(14-9-11-24-12-10-14)13-19(16)26-18-6-4-3-5-17(18)25-22(20)26/h3-13,25H,2H2,1H3. The Balaban J connectivity index is 1.95. The highest BCUT2D eigenvalue weighted by Gasteiger charge is 2.22. The van der Waals surface area contributed by atoms with Crippen molar-refractivity contribution in [3.8, 4) is 11.1 Å². The summed E-state index contributed by atoms with van der Waals surface area (Å²) in [6.45, 7) is 1.92. The van der Waals surface area contributed by atoms with Crippen LogP contribution in [0, 0.1) is 0 Å². The van der Waals surface area contributed by atoms with Crippen molar-refractivity contribution in [1.29, 1.82) is 0 Å². The predicted molar refractivity (Wildman–Crippen MR) is 112 cm³/mol. The maximum absolute atomic E-state index is 13.2. The molecular formula is C23H17N3O3. The average molecular weight is 383 g/mol. The zero-order valence-electron chi connectivity index (χ0n) is 15.7. The maximum atomic E-state index is 13.2. The minimum Gasteiger partial charge on any atom is -0.462 e. The molecule has 0 fully saturated rings. The number of hydrogen-bond acceptors (Lipinski definition) is 4. The van der Waals surface area contributed by atoms with E-state index in [4.69, 9.17) is 4.74 Å². The molecule has 0 atom stereocenters. The van der Waals surface area contributed by atoms with Crippen LogP contribution in [0.2, 0.25) is 0 Å². The lowest BCUT2D eigenvalue weighted by Gasteiger charge is -2.10. The Morgan fingerprint density at radius 1 is 1.03 bits per heavy atom. The number of imidazole rings is 1. The van der Waals surface area contributed by atoms with Crippen LogP contribution in [0.5, 0.6) is 0 Å². The first-order chi connectivity index (χ1) is 14.2. The van der Waals surface area contributed by atoms with E-state index in [0.29, 0.717) is 11.0 Å². The smallest absolute Gasteiger partial charge is 0.345 e. The summed E-state index contributed by atoms with van der Waals surface area (Å²) in [5.41, 5.74) is 4.51. The van der Waals surface area contributed by atoms with Crippen molar-refractivity contribution in [3.63, 3.8) is 0 Å². The Hall–Kier alpha value is -3.93. The number of nitrogens with zero attached hydrogens (tertiary/aromatic N) is 2. The number of carbonyl (C=O) groups excluding carboxylic acids is 1. The summed E-state index contributed by atoms with van der Waals surface area (Å²) in [7, 11) is 0. The van der Waals surface area contributed by atoms with E-state index in [0.717, 1.165) is 27.7 Å². The molecule has 0 radical (unpaired) electrons. The molecule has 5 rings (SSSR count). The molecule has 3 heterocycles. The number of H-pyrrole nitrogens is 1. The van der Waals surface area contributed by atoms with Gasteiger partial charge in [0.25, 0.3) is 0 Å². The molecule has 5 aromatic rings. The lowest BCUT2D eigenvalue weighted by Crippen LogP contribution is -2.20. The molecule has 6 nitrogen and oxygen atoms in total. The molecule has 1 N–H and O–H groups in total. The molecule has 6 heteroatoms. The summed E-state index contributed by atoms with van der Waals surface area (Å²) < 4.78 is 7.10. The fourth-order valence-corrected chi connectivity index (χ4v) is 3.77. The van der Waals surface area contributed by atoms with Crippen molar-refractivity contribution in [2.75, 3.05) is 6.61 Å². The Morgan fingerprint density at radius 3 is 2.62 bits per heavy atom. The molecule has 3 aromatic heterocycles. The second-order valence-electron chi connectivity index (χ2n) is 6.72. The van der Waals surface area contributed by atoms with Crippen molar-refractivity contribution in [2.45, 2.75) is 6.92 Å². The van der Waals surface area contributed by atoms with E-state index in [1.807, 2.05) is 52.9 Å². The van der Waals surface area contributed by atoms with E-state index in [1.165, 1.54) is 0 Å². The second kappa shape index (κ2) is 6.60. The van der Waals surface area contributed by atoms with Gasteiger partial charge in [0.2, 0.25) is 5.43 Å². The molecule has 2 aromatic carbocycles. The predicted octanol–water partition coefficient (Wildman–Crippen LogP) is 4.17. The molecule has 0 aliphatic rings. The fraction of sp³-hybridized carbons (Fsp3) is 0.0870. The zero-order chi connectivity index (χ0) is 20.0. The van der Waals surface area contributed by atoms with Crippen molar-refractivity contribution in [1.82, 2.24) is 14.4 Å². The van der Waals surface area contributed by atoms with E-state index in [-0.39, 0.29) is 17.6 Å². The largest absolute Gasteiger partial charge is 0.462 e. The Morgan fingerprint density at radius 2 is 1.83 bits per heavy atom. The molecule has 0 aliphatic heterocycles. The summed E-state index contributed by atoms with van der Waals surface area (Å²) in [6.07, 6.45) is 3.47. The van der Waals surface area contributed by atoms with Crippen molar-refractivity contribution in [2.24, 2.45) is 0 Å². The van der Waals surface area contributed by atoms with Crippen LogP contribution in [-0.4, -0.2) is 26.9 Å². The van der Waals surface area contributed by atoms with Gasteiger partial charge in [-0.05, 0) is 54.4 Å². The number of aromatic amines is 1. The molecular weight excluding hydrogens is 366 g/mol. The van der Waals surface area contributed by atoms with E-state index in [1.54, 1.807) is 25.4 Å². The Kier molecular flexibility index (Phi) is 3.91. The maximum Gasteiger partial charge on any atom is 0.345 e. The van der Waals surface area contributed by atoms with Gasteiger partial charge in [0, 0.05) is 17.8 Å². The van der Waals surface area contributed by atoms with E-state index < -0.39 is 5.97 Å². The molecule has 142 valence electrons. The topological polar surface area (TPSA) is 76.5 Å². The molecule has 0 amide bonds. The summed E-state index contributed by atoms with van der Waals surface area (Å²) in [5.74, 6) is -0.623. The number of hydrogen-bond donors (Lipinski definition) is 1. The van der Waals surface area contributed by atoms with Gasteiger partial charge in [-0.2, -0.15) is 0 Å². The van der Waals surface area contributed by atoms with Crippen LogP contribution < -0.4 is 5.43 Å². The number of fused-ring (bicyclic) bond motifs is 5. The normalized spacial score (nSPS) is 11.3. The van der Waals surface area contributed by atoms with Crippen LogP contribution in [0.3, 0.4) is 0 Å². The van der Waals surface area contributed by atoms with Gasteiger partial charge in [-0.15, -0.1) is 0 Å². The van der Waals surface area contributed by atoms with Gasteiger partial charge < -0.3 is 9.72 Å². The van der Waals surface area contributed by atoms with Gasteiger partial charge in [0.05, 0.1) is 23.2 Å². The molecule has 29 heavy (non-hydrogen) atoms. The van der Waals surface area contributed by atoms with Crippen LogP contribution in [-0.2, 0) is 4.74 Å². The SMILES string of the molecule is CCOC(=O)c1c(=O)c2ccc(-c3ccncc3)cc2n2c1[nH]c1ccccc12. The number of nitrogens with one attached hydrogen (secondary N) is 1. The van der Waals surface area contributed by atoms with Crippen LogP contribution in [0.1, 0.15) is 17.3 Å². The molecule has 0 unspecified atom stereocenters. The van der Waals surface area contributed by atoms with Crippen LogP contribution in [0.15, 0.2) is 71.8 Å². The van der Waals surface area contributed by atoms with Crippen LogP contribution in [0.25, 0.3) is 38.7 Å². The number of carbonyl (C=O) groups is 1. The first-order valence-corrected chi connectivity index (χ1v) is 9.35. The highest BCUT2D eigenvalue weighted by Crippen LogP contribution is 2.27. The third kappa shape index (κ3) is 2.61. The van der Waals surface area contributed by atoms with E-state index in [9.17, 15) is 9.59 Å². The van der Waals surface area contributed by atoms with Crippen LogP contribution in [0.4, 0.5) is 0 Å². The molecule has 0 bridgehead atoms. The third-order valence-electron chi connectivity index (χ3n) is 5.06. The number of esters is 1. The molecule has 0 spiro atoms. The van der Waals surface area contributed by atoms with E-state index >= 15 is 0 Å². The first-order valence-electron chi connectivity index (χ1n) is 9.35. The summed E-state index contributed by atoms with van der Waals surface area (Å²) in [5, 5.41) is 0.466. The number of aromatic nitrogens is 3. The van der Waals surface area contributed by atoms with Gasteiger partial charge in [0.15, 0.2) is 0 Å². The monoisotopic (exact) mass is 383 g/mol. The highest BCUT2D eigenvalue weighted by atomic mass is 16.5. The van der Waals surface area contributed by atoms with Gasteiger partial charge in [-0.1, -0.05) is 18.2 Å². The number of ether oxygens (including phenoxy) is 1. The zero-order valence-corrected chi connectivity index (χ0v) is 15.7. The van der Waals surface area contributed by atoms with Gasteiger partial charge in [0.1, 0.15) is 11.2 Å². The highest BCUT2D eigenvalue weighted by molar-refractivity contribution is 6.04. The van der Waals surface area contributed by atoms with Gasteiger partial charge in [-0.3, -0.25) is 14.2 Å². The van der Waals surface area contributed by atoms with E-state index in [2.05, 4.69) is 9.97 Å². The summed E-state index contributed by atoms with van der Waals surface area (Å²) >= 11 is 0. The minimum absolute atomic E-state index is 0.0206. The number of pyridine rings is 2. The lowest BCUT2D eigenvalue weighted by molar-refractivity contribution is 0.0527. The van der Waals surface area contributed by atoms with Crippen molar-refractivity contribution < 1.29 is 9.53 Å². The summed E-state index contributed by atoms with van der Waals surface area (Å²) in [6, 6.07) is 17.2. The third-order valence-corrected chi connectivity index (χ3v) is 5.06. The molecule has 0 saturated heterocycles. The fourth-order valence-electron chi connectivity index (χ4n) is 3.77. The number of benzene rings is 2. The van der Waals surface area contributed by atoms with Gasteiger partial charge >= 0.3 is 5.97 Å². The van der Waals surface area contributed by atoms with Crippen LogP contribution >= 0.6 is 0 Å². The van der Waals surface area contributed by atoms with Crippen molar-refractivity contribution in [3.05, 3.63) is 82.8 Å². The molecule has 0 aliphatic carbocycles. The Bertz CT molecular complexity index is 1450. The number of para-hydroxylation sites is 2.